The van der Waals surface area contributed by atoms with Gasteiger partial charge in [0, 0.05) is 44.0 Å². The van der Waals surface area contributed by atoms with Gasteiger partial charge in [0.05, 0.1) is 5.69 Å². The summed E-state index contributed by atoms with van der Waals surface area (Å²) in [5, 5.41) is 3.00. The molecular formula is C22H25FN4O2. The molecule has 29 heavy (non-hydrogen) atoms. The molecule has 2 amide bonds. The minimum atomic E-state index is -0.251. The van der Waals surface area contributed by atoms with Gasteiger partial charge in [0.2, 0.25) is 0 Å². The Morgan fingerprint density at radius 2 is 1.76 bits per heavy atom. The number of aromatic nitrogens is 1. The highest BCUT2D eigenvalue weighted by molar-refractivity contribution is 5.98. The van der Waals surface area contributed by atoms with E-state index in [1.54, 1.807) is 29.2 Å². The largest absolute Gasteiger partial charge is 0.366 e. The van der Waals surface area contributed by atoms with Gasteiger partial charge in [-0.25, -0.2) is 4.39 Å². The lowest BCUT2D eigenvalue weighted by molar-refractivity contribution is 0.0746. The molecule has 1 aliphatic carbocycles. The number of halogens is 1. The number of carbonyl (C=O) groups is 2. The topological polar surface area (TPSA) is 65.5 Å². The molecule has 0 bridgehead atoms. The summed E-state index contributed by atoms with van der Waals surface area (Å²) in [7, 11) is 0. The second kappa shape index (κ2) is 8.59. The molecule has 2 aromatic rings. The second-order valence-corrected chi connectivity index (χ2v) is 7.62. The smallest absolute Gasteiger partial charge is 0.270 e. The number of nitrogens with zero attached hydrogens (tertiary/aromatic N) is 3. The molecule has 2 heterocycles. The molecule has 6 nitrogen and oxygen atoms in total. The number of hydrogen-bond donors (Lipinski definition) is 1. The first-order chi connectivity index (χ1) is 14.1. The fraction of sp³-hybridized carbons (Fsp3) is 0.409. The van der Waals surface area contributed by atoms with Crippen molar-refractivity contribution in [2.45, 2.75) is 31.7 Å². The van der Waals surface area contributed by atoms with Crippen molar-refractivity contribution in [2.75, 3.05) is 31.1 Å². The molecule has 0 unspecified atom stereocenters. The van der Waals surface area contributed by atoms with Crippen molar-refractivity contribution < 1.29 is 14.0 Å². The SMILES string of the molecule is O=C(NC1CCCC1)c1cc(C(=O)N2CCN(c3ccccc3F)CC2)ccn1. The van der Waals surface area contributed by atoms with E-state index in [1.807, 2.05) is 11.0 Å². The fourth-order valence-electron chi connectivity index (χ4n) is 4.06. The van der Waals surface area contributed by atoms with E-state index in [0.29, 0.717) is 37.4 Å². The molecule has 0 spiro atoms. The normalized spacial score (nSPS) is 17.4. The summed E-state index contributed by atoms with van der Waals surface area (Å²) in [6, 6.07) is 10.1. The predicted octanol–water partition coefficient (Wildman–Crippen LogP) is 2.86. The van der Waals surface area contributed by atoms with Gasteiger partial charge in [0.15, 0.2) is 0 Å². The van der Waals surface area contributed by atoms with E-state index in [1.165, 1.54) is 12.3 Å². The Bertz CT molecular complexity index is 890. The number of piperazine rings is 1. The predicted molar refractivity (Wildman–Crippen MR) is 108 cm³/mol. The molecule has 1 aromatic heterocycles. The van der Waals surface area contributed by atoms with Crippen molar-refractivity contribution >= 4 is 17.5 Å². The first kappa shape index (κ1) is 19.4. The van der Waals surface area contributed by atoms with Gasteiger partial charge in [-0.3, -0.25) is 14.6 Å². The van der Waals surface area contributed by atoms with Crippen LogP contribution in [-0.4, -0.2) is 53.9 Å². The van der Waals surface area contributed by atoms with Gasteiger partial charge in [-0.15, -0.1) is 0 Å². The third kappa shape index (κ3) is 4.39. The number of anilines is 1. The van der Waals surface area contributed by atoms with Crippen LogP contribution in [0.1, 0.15) is 46.5 Å². The maximum Gasteiger partial charge on any atom is 0.270 e. The number of carbonyl (C=O) groups excluding carboxylic acids is 2. The third-order valence-electron chi connectivity index (χ3n) is 5.69. The molecule has 4 rings (SSSR count). The van der Waals surface area contributed by atoms with Gasteiger partial charge < -0.3 is 15.1 Å². The average Bonchev–Trinajstić information content (AvgIpc) is 3.27. The van der Waals surface area contributed by atoms with Crippen LogP contribution in [0.5, 0.6) is 0 Å². The van der Waals surface area contributed by atoms with Crippen LogP contribution in [0.15, 0.2) is 42.6 Å². The minimum Gasteiger partial charge on any atom is -0.366 e. The Kier molecular flexibility index (Phi) is 5.74. The maximum atomic E-state index is 14.0. The van der Waals surface area contributed by atoms with Crippen molar-refractivity contribution in [1.29, 1.82) is 0 Å². The second-order valence-electron chi connectivity index (χ2n) is 7.62. The van der Waals surface area contributed by atoms with Gasteiger partial charge in [-0.05, 0) is 37.1 Å². The first-order valence-electron chi connectivity index (χ1n) is 10.2. The van der Waals surface area contributed by atoms with Gasteiger partial charge in [-0.1, -0.05) is 25.0 Å². The van der Waals surface area contributed by atoms with Gasteiger partial charge in [0.25, 0.3) is 11.8 Å². The molecule has 1 saturated heterocycles. The molecule has 2 fully saturated rings. The fourth-order valence-corrected chi connectivity index (χ4v) is 4.06. The highest BCUT2D eigenvalue weighted by Gasteiger charge is 2.25. The van der Waals surface area contributed by atoms with E-state index in [0.717, 1.165) is 25.7 Å². The Balaban J connectivity index is 1.38. The highest BCUT2D eigenvalue weighted by atomic mass is 19.1. The summed E-state index contributed by atoms with van der Waals surface area (Å²) < 4.78 is 14.0. The number of hydrogen-bond acceptors (Lipinski definition) is 4. The highest BCUT2D eigenvalue weighted by Crippen LogP contribution is 2.21. The van der Waals surface area contributed by atoms with Crippen LogP contribution in [0.25, 0.3) is 0 Å². The molecule has 1 aliphatic heterocycles. The third-order valence-corrected chi connectivity index (χ3v) is 5.69. The lowest BCUT2D eigenvalue weighted by Gasteiger charge is -2.36. The van der Waals surface area contributed by atoms with E-state index in [2.05, 4.69) is 10.3 Å². The van der Waals surface area contributed by atoms with Crippen LogP contribution in [0.3, 0.4) is 0 Å². The summed E-state index contributed by atoms with van der Waals surface area (Å²) in [4.78, 5) is 33.2. The molecule has 1 N–H and O–H groups in total. The van der Waals surface area contributed by atoms with Crippen molar-refractivity contribution in [3.05, 3.63) is 59.7 Å². The molecule has 152 valence electrons. The van der Waals surface area contributed by atoms with Gasteiger partial charge in [0.1, 0.15) is 11.5 Å². The minimum absolute atomic E-state index is 0.129. The summed E-state index contributed by atoms with van der Waals surface area (Å²) in [6.45, 7) is 2.12. The zero-order chi connectivity index (χ0) is 20.2. The van der Waals surface area contributed by atoms with E-state index in [9.17, 15) is 14.0 Å². The van der Waals surface area contributed by atoms with E-state index < -0.39 is 0 Å². The first-order valence-corrected chi connectivity index (χ1v) is 10.2. The number of amides is 2. The number of pyridine rings is 1. The number of benzene rings is 1. The van der Waals surface area contributed by atoms with Crippen LogP contribution in [-0.2, 0) is 0 Å². The maximum absolute atomic E-state index is 14.0. The standard InChI is InChI=1S/C22H25FN4O2/c23-18-7-3-4-8-20(18)26-11-13-27(14-12-26)22(29)16-9-10-24-19(15-16)21(28)25-17-5-1-2-6-17/h3-4,7-10,15,17H,1-2,5-6,11-14H2,(H,25,28). The quantitative estimate of drug-likeness (QED) is 0.863. The monoisotopic (exact) mass is 396 g/mol. The van der Waals surface area contributed by atoms with Gasteiger partial charge in [-0.2, -0.15) is 0 Å². The van der Waals surface area contributed by atoms with Crippen LogP contribution in [0.4, 0.5) is 10.1 Å². The van der Waals surface area contributed by atoms with E-state index >= 15 is 0 Å². The average molecular weight is 396 g/mol. The van der Waals surface area contributed by atoms with E-state index in [4.69, 9.17) is 0 Å². The Hall–Kier alpha value is -2.96. The molecule has 1 aromatic carbocycles. The Morgan fingerprint density at radius 1 is 1.03 bits per heavy atom. The molecule has 2 aliphatic rings. The zero-order valence-corrected chi connectivity index (χ0v) is 16.3. The van der Waals surface area contributed by atoms with Crippen molar-refractivity contribution in [3.8, 4) is 0 Å². The number of rotatable bonds is 4. The van der Waals surface area contributed by atoms with Crippen LogP contribution >= 0.6 is 0 Å². The van der Waals surface area contributed by atoms with Crippen LogP contribution in [0, 0.1) is 5.82 Å². The van der Waals surface area contributed by atoms with E-state index in [-0.39, 0.29) is 29.4 Å². The molecule has 0 atom stereocenters. The lowest BCUT2D eigenvalue weighted by atomic mass is 10.1. The van der Waals surface area contributed by atoms with Crippen LogP contribution in [0.2, 0.25) is 0 Å². The van der Waals surface area contributed by atoms with Crippen LogP contribution < -0.4 is 10.2 Å². The molecule has 0 radical (unpaired) electrons. The number of para-hydroxylation sites is 1. The van der Waals surface area contributed by atoms with Crippen molar-refractivity contribution in [2.24, 2.45) is 0 Å². The molecule has 7 heteroatoms. The van der Waals surface area contributed by atoms with Gasteiger partial charge >= 0.3 is 0 Å². The molecule has 1 saturated carbocycles. The summed E-state index contributed by atoms with van der Waals surface area (Å²) in [6.07, 6.45) is 5.77. The van der Waals surface area contributed by atoms with Crippen molar-refractivity contribution in [1.82, 2.24) is 15.2 Å². The number of nitrogens with one attached hydrogen (secondary N) is 1. The molecular weight excluding hydrogens is 371 g/mol. The Labute approximate surface area is 169 Å². The lowest BCUT2D eigenvalue weighted by Crippen LogP contribution is -2.49. The Morgan fingerprint density at radius 3 is 2.48 bits per heavy atom. The summed E-state index contributed by atoms with van der Waals surface area (Å²) in [5.74, 6) is -0.606. The zero-order valence-electron chi connectivity index (χ0n) is 16.3. The van der Waals surface area contributed by atoms with Crippen molar-refractivity contribution in [3.63, 3.8) is 0 Å². The summed E-state index contributed by atoms with van der Waals surface area (Å²) >= 11 is 0. The summed E-state index contributed by atoms with van der Waals surface area (Å²) in [5.41, 5.74) is 1.29.